The minimum atomic E-state index is -0.263. The summed E-state index contributed by atoms with van der Waals surface area (Å²) in [5.41, 5.74) is 0.0407. The maximum atomic E-state index is 11.7. The van der Waals surface area contributed by atoms with E-state index in [1.807, 2.05) is 6.92 Å². The third kappa shape index (κ3) is 4.18. The first kappa shape index (κ1) is 13.0. The molecule has 88 valence electrons. The highest BCUT2D eigenvalue weighted by molar-refractivity contribution is 9.09. The van der Waals surface area contributed by atoms with Crippen LogP contribution in [0.2, 0.25) is 0 Å². The van der Waals surface area contributed by atoms with Gasteiger partial charge < -0.3 is 10.3 Å². The summed E-state index contributed by atoms with van der Waals surface area (Å²) in [5, 5.41) is 3.75. The average molecular weight is 287 g/mol. The zero-order valence-electron chi connectivity index (χ0n) is 9.13. The molecule has 0 aliphatic heterocycles. The Hall–Kier alpha value is -1.10. The smallest absolute Gasteiger partial charge is 0.268 e. The number of pyridine rings is 1. The topological polar surface area (TPSA) is 62.0 Å². The van der Waals surface area contributed by atoms with E-state index in [0.717, 1.165) is 18.2 Å². The van der Waals surface area contributed by atoms with Crippen molar-refractivity contribution in [3.63, 3.8) is 0 Å². The van der Waals surface area contributed by atoms with Gasteiger partial charge in [-0.2, -0.15) is 0 Å². The largest absolute Gasteiger partial charge is 0.348 e. The summed E-state index contributed by atoms with van der Waals surface area (Å²) in [5.74, 6) is -0.236. The fourth-order valence-electron chi connectivity index (χ4n) is 1.34. The SMILES string of the molecule is CC(CCCBr)NC(=O)c1cccc(=O)[nH]1. The number of aromatic nitrogens is 1. The van der Waals surface area contributed by atoms with Gasteiger partial charge in [-0.25, -0.2) is 0 Å². The molecule has 0 saturated carbocycles. The number of carbonyl (C=O) groups is 1. The molecule has 16 heavy (non-hydrogen) atoms. The molecule has 0 saturated heterocycles. The fourth-order valence-corrected chi connectivity index (χ4v) is 1.66. The van der Waals surface area contributed by atoms with Gasteiger partial charge in [-0.1, -0.05) is 22.0 Å². The van der Waals surface area contributed by atoms with Gasteiger partial charge in [0, 0.05) is 17.4 Å². The van der Waals surface area contributed by atoms with E-state index in [4.69, 9.17) is 0 Å². The van der Waals surface area contributed by atoms with Gasteiger partial charge in [-0.3, -0.25) is 9.59 Å². The molecule has 5 heteroatoms. The van der Waals surface area contributed by atoms with Gasteiger partial charge >= 0.3 is 0 Å². The van der Waals surface area contributed by atoms with Crippen LogP contribution in [0.3, 0.4) is 0 Å². The minimum Gasteiger partial charge on any atom is -0.348 e. The predicted molar refractivity (Wildman–Crippen MR) is 67.0 cm³/mol. The third-order valence-corrected chi connectivity index (χ3v) is 2.72. The van der Waals surface area contributed by atoms with Crippen LogP contribution in [0, 0.1) is 0 Å². The lowest BCUT2D eigenvalue weighted by Gasteiger charge is -2.12. The molecule has 0 radical (unpaired) electrons. The van der Waals surface area contributed by atoms with E-state index >= 15 is 0 Å². The normalized spacial score (nSPS) is 12.1. The summed E-state index contributed by atoms with van der Waals surface area (Å²) < 4.78 is 0. The summed E-state index contributed by atoms with van der Waals surface area (Å²) in [4.78, 5) is 25.2. The van der Waals surface area contributed by atoms with Gasteiger partial charge in [0.05, 0.1) is 0 Å². The molecule has 0 aliphatic rings. The first-order valence-electron chi connectivity index (χ1n) is 5.19. The summed E-state index contributed by atoms with van der Waals surface area (Å²) in [6.45, 7) is 1.95. The van der Waals surface area contributed by atoms with Crippen LogP contribution in [-0.4, -0.2) is 22.3 Å². The number of hydrogen-bond donors (Lipinski definition) is 2. The molecule has 0 fully saturated rings. The van der Waals surface area contributed by atoms with E-state index in [1.54, 1.807) is 12.1 Å². The molecule has 1 atom stereocenters. The number of rotatable bonds is 5. The zero-order chi connectivity index (χ0) is 12.0. The Labute approximate surface area is 103 Å². The van der Waals surface area contributed by atoms with E-state index in [9.17, 15) is 9.59 Å². The van der Waals surface area contributed by atoms with Gasteiger partial charge in [-0.15, -0.1) is 0 Å². The molecule has 0 aromatic carbocycles. The number of alkyl halides is 1. The second kappa shape index (κ2) is 6.48. The highest BCUT2D eigenvalue weighted by Gasteiger charge is 2.09. The molecule has 0 aliphatic carbocycles. The minimum absolute atomic E-state index is 0.105. The van der Waals surface area contributed by atoms with Crippen LogP contribution < -0.4 is 10.9 Å². The van der Waals surface area contributed by atoms with E-state index < -0.39 is 0 Å². The van der Waals surface area contributed by atoms with Crippen LogP contribution in [0.5, 0.6) is 0 Å². The van der Waals surface area contributed by atoms with Gasteiger partial charge in [0.25, 0.3) is 5.91 Å². The lowest BCUT2D eigenvalue weighted by atomic mass is 10.2. The van der Waals surface area contributed by atoms with Crippen LogP contribution in [0.1, 0.15) is 30.3 Å². The van der Waals surface area contributed by atoms with Crippen molar-refractivity contribution in [3.05, 3.63) is 34.2 Å². The van der Waals surface area contributed by atoms with Crippen molar-refractivity contribution in [2.24, 2.45) is 0 Å². The number of aromatic amines is 1. The number of halogens is 1. The summed E-state index contributed by atoms with van der Waals surface area (Å²) in [6.07, 6.45) is 1.92. The molecule has 1 amide bonds. The van der Waals surface area contributed by atoms with Crippen molar-refractivity contribution in [1.29, 1.82) is 0 Å². The molecule has 1 unspecified atom stereocenters. The van der Waals surface area contributed by atoms with E-state index in [-0.39, 0.29) is 17.5 Å². The average Bonchev–Trinajstić information content (AvgIpc) is 2.26. The second-order valence-corrected chi connectivity index (χ2v) is 4.43. The molecular formula is C11H15BrN2O2. The van der Waals surface area contributed by atoms with Crippen LogP contribution in [-0.2, 0) is 0 Å². The Morgan fingerprint density at radius 2 is 2.31 bits per heavy atom. The van der Waals surface area contributed by atoms with Crippen LogP contribution in [0.4, 0.5) is 0 Å². The van der Waals surface area contributed by atoms with Gasteiger partial charge in [-0.05, 0) is 25.8 Å². The molecule has 1 aromatic rings. The quantitative estimate of drug-likeness (QED) is 0.809. The number of nitrogens with one attached hydrogen (secondary N) is 2. The van der Waals surface area contributed by atoms with E-state index in [2.05, 4.69) is 26.2 Å². The standard InChI is InChI=1S/C11H15BrN2O2/c1-8(4-3-7-12)13-11(16)9-5-2-6-10(15)14-9/h2,5-6,8H,3-4,7H2,1H3,(H,13,16)(H,14,15). The molecule has 0 bridgehead atoms. The number of H-pyrrole nitrogens is 1. The maximum Gasteiger partial charge on any atom is 0.268 e. The number of amides is 1. The summed E-state index contributed by atoms with van der Waals surface area (Å²) in [6, 6.07) is 4.64. The maximum absolute atomic E-state index is 11.7. The highest BCUT2D eigenvalue weighted by Crippen LogP contribution is 2.00. The molecular weight excluding hydrogens is 272 g/mol. The summed E-state index contributed by atoms with van der Waals surface area (Å²) in [7, 11) is 0. The van der Waals surface area contributed by atoms with Crippen LogP contribution in [0.25, 0.3) is 0 Å². The zero-order valence-corrected chi connectivity index (χ0v) is 10.7. The molecule has 1 rings (SSSR count). The monoisotopic (exact) mass is 286 g/mol. The third-order valence-electron chi connectivity index (χ3n) is 2.16. The van der Waals surface area contributed by atoms with Gasteiger partial charge in [0.15, 0.2) is 0 Å². The molecule has 1 aromatic heterocycles. The number of hydrogen-bond acceptors (Lipinski definition) is 2. The predicted octanol–water partition coefficient (Wildman–Crippen LogP) is 1.67. The van der Waals surface area contributed by atoms with Crippen molar-refractivity contribution >= 4 is 21.8 Å². The molecule has 1 heterocycles. The van der Waals surface area contributed by atoms with Gasteiger partial charge in [0.2, 0.25) is 5.56 Å². The van der Waals surface area contributed by atoms with Crippen molar-refractivity contribution in [3.8, 4) is 0 Å². The van der Waals surface area contributed by atoms with Crippen LogP contribution in [0.15, 0.2) is 23.0 Å². The molecule has 2 N–H and O–H groups in total. The first-order valence-corrected chi connectivity index (χ1v) is 6.32. The number of carbonyl (C=O) groups excluding carboxylic acids is 1. The van der Waals surface area contributed by atoms with E-state index in [0.29, 0.717) is 5.69 Å². The van der Waals surface area contributed by atoms with E-state index in [1.165, 1.54) is 6.07 Å². The van der Waals surface area contributed by atoms with Crippen LogP contribution >= 0.6 is 15.9 Å². The van der Waals surface area contributed by atoms with Crippen molar-refractivity contribution in [2.75, 3.05) is 5.33 Å². The Balaban J connectivity index is 2.55. The Morgan fingerprint density at radius 3 is 2.94 bits per heavy atom. The lowest BCUT2D eigenvalue weighted by molar-refractivity contribution is 0.0933. The molecule has 4 nitrogen and oxygen atoms in total. The lowest BCUT2D eigenvalue weighted by Crippen LogP contribution is -2.33. The Bertz CT molecular complexity index is 403. The van der Waals surface area contributed by atoms with Crippen molar-refractivity contribution in [1.82, 2.24) is 10.3 Å². The second-order valence-electron chi connectivity index (χ2n) is 3.63. The fraction of sp³-hybridized carbons (Fsp3) is 0.455. The Morgan fingerprint density at radius 1 is 1.56 bits per heavy atom. The van der Waals surface area contributed by atoms with Crippen molar-refractivity contribution in [2.45, 2.75) is 25.8 Å². The Kier molecular flexibility index (Phi) is 5.25. The van der Waals surface area contributed by atoms with Crippen molar-refractivity contribution < 1.29 is 4.79 Å². The summed E-state index contributed by atoms with van der Waals surface area (Å²) >= 11 is 3.34. The first-order chi connectivity index (χ1) is 7.63. The van der Waals surface area contributed by atoms with Gasteiger partial charge in [0.1, 0.15) is 5.69 Å². The molecule has 0 spiro atoms. The highest BCUT2D eigenvalue weighted by atomic mass is 79.9.